The molecule has 23 heavy (non-hydrogen) atoms. The van der Waals surface area contributed by atoms with Crippen LogP contribution in [-0.4, -0.2) is 12.6 Å². The summed E-state index contributed by atoms with van der Waals surface area (Å²) in [5.41, 5.74) is 2.22. The van der Waals surface area contributed by atoms with E-state index in [0.717, 1.165) is 30.1 Å². The van der Waals surface area contributed by atoms with Crippen LogP contribution in [0.15, 0.2) is 48.5 Å². The molecule has 0 aliphatic heterocycles. The summed E-state index contributed by atoms with van der Waals surface area (Å²) in [7, 11) is 0. The van der Waals surface area contributed by atoms with Gasteiger partial charge in [-0.3, -0.25) is 4.79 Å². The molecule has 0 saturated carbocycles. The van der Waals surface area contributed by atoms with Crippen molar-refractivity contribution >= 4 is 40.2 Å². The first-order chi connectivity index (χ1) is 11.2. The highest BCUT2D eigenvalue weighted by Gasteiger charge is 2.17. The Kier molecular flexibility index (Phi) is 5.16. The number of ether oxygens (including phenoxy) is 1. The zero-order valence-electron chi connectivity index (χ0n) is 12.5. The average Bonchev–Trinajstić information content (AvgIpc) is 3.15. The van der Waals surface area contributed by atoms with Gasteiger partial charge in [0.25, 0.3) is 0 Å². The Bertz CT molecular complexity index is 806. The summed E-state index contributed by atoms with van der Waals surface area (Å²) in [5, 5.41) is 0. The van der Waals surface area contributed by atoms with Crippen LogP contribution in [0.5, 0.6) is 0 Å². The number of halogens is 1. The fraction of sp³-hybridized carbons (Fsp3) is 0.167. The standard InChI is InChI=1S/C18H15ClO2S2/c1-2-21-18(20)11-16-13(14-8-9-17(19)23-14)10-15(22-16)12-6-4-3-5-7-12/h3-10H,2,11H2,1H3. The van der Waals surface area contributed by atoms with Gasteiger partial charge in [0, 0.05) is 20.2 Å². The fourth-order valence-corrected chi connectivity index (χ4v) is 4.63. The Balaban J connectivity index is 2.01. The lowest BCUT2D eigenvalue weighted by molar-refractivity contribution is -0.142. The summed E-state index contributed by atoms with van der Waals surface area (Å²) in [6, 6.07) is 16.2. The van der Waals surface area contributed by atoms with Gasteiger partial charge in [-0.15, -0.1) is 22.7 Å². The molecule has 2 aromatic heterocycles. The van der Waals surface area contributed by atoms with Crippen molar-refractivity contribution in [3.8, 4) is 20.9 Å². The lowest BCUT2D eigenvalue weighted by atomic mass is 10.1. The van der Waals surface area contributed by atoms with E-state index < -0.39 is 0 Å². The Morgan fingerprint density at radius 1 is 1.09 bits per heavy atom. The van der Waals surface area contributed by atoms with Crippen LogP contribution in [0.3, 0.4) is 0 Å². The Morgan fingerprint density at radius 3 is 2.52 bits per heavy atom. The third-order valence-electron chi connectivity index (χ3n) is 3.32. The summed E-state index contributed by atoms with van der Waals surface area (Å²) in [6.07, 6.45) is 0.288. The van der Waals surface area contributed by atoms with Gasteiger partial charge in [0.2, 0.25) is 0 Å². The number of esters is 1. The van der Waals surface area contributed by atoms with Gasteiger partial charge in [-0.1, -0.05) is 41.9 Å². The monoisotopic (exact) mass is 362 g/mol. The van der Waals surface area contributed by atoms with Gasteiger partial charge in [-0.25, -0.2) is 0 Å². The van der Waals surface area contributed by atoms with Crippen molar-refractivity contribution in [2.45, 2.75) is 13.3 Å². The summed E-state index contributed by atoms with van der Waals surface area (Å²) in [5.74, 6) is -0.196. The first-order valence-electron chi connectivity index (χ1n) is 7.27. The summed E-state index contributed by atoms with van der Waals surface area (Å²) in [6.45, 7) is 2.22. The van der Waals surface area contributed by atoms with Gasteiger partial charge in [-0.05, 0) is 30.7 Å². The third-order valence-corrected chi connectivity index (χ3v) is 5.76. The molecule has 0 saturated heterocycles. The molecule has 0 aliphatic carbocycles. The molecular weight excluding hydrogens is 348 g/mol. The van der Waals surface area contributed by atoms with E-state index >= 15 is 0 Å². The van der Waals surface area contributed by atoms with Crippen molar-refractivity contribution in [1.29, 1.82) is 0 Å². The van der Waals surface area contributed by atoms with Crippen LogP contribution < -0.4 is 0 Å². The SMILES string of the molecule is CCOC(=O)Cc1sc(-c2ccccc2)cc1-c1ccc(Cl)s1. The van der Waals surface area contributed by atoms with Crippen LogP contribution in [0, 0.1) is 0 Å². The van der Waals surface area contributed by atoms with Crippen molar-refractivity contribution in [1.82, 2.24) is 0 Å². The third kappa shape index (κ3) is 3.83. The number of rotatable bonds is 5. The molecule has 0 atom stereocenters. The maximum absolute atomic E-state index is 11.9. The van der Waals surface area contributed by atoms with Gasteiger partial charge in [-0.2, -0.15) is 0 Å². The summed E-state index contributed by atoms with van der Waals surface area (Å²) < 4.78 is 5.85. The zero-order valence-corrected chi connectivity index (χ0v) is 14.9. The smallest absolute Gasteiger partial charge is 0.311 e. The maximum Gasteiger partial charge on any atom is 0.311 e. The number of hydrogen-bond donors (Lipinski definition) is 0. The molecule has 0 spiro atoms. The highest BCUT2D eigenvalue weighted by atomic mass is 35.5. The van der Waals surface area contributed by atoms with Crippen LogP contribution in [0.4, 0.5) is 0 Å². The minimum Gasteiger partial charge on any atom is -0.466 e. The average molecular weight is 363 g/mol. The predicted molar refractivity (Wildman–Crippen MR) is 98.4 cm³/mol. The van der Waals surface area contributed by atoms with Crippen molar-refractivity contribution in [2.24, 2.45) is 0 Å². The van der Waals surface area contributed by atoms with Crippen LogP contribution in [0.2, 0.25) is 4.34 Å². The van der Waals surface area contributed by atoms with E-state index in [-0.39, 0.29) is 12.4 Å². The molecular formula is C18H15ClO2S2. The number of carbonyl (C=O) groups excluding carboxylic acids is 1. The molecule has 2 nitrogen and oxygen atoms in total. The number of benzene rings is 1. The molecule has 0 radical (unpaired) electrons. The molecule has 1 aromatic carbocycles. The summed E-state index contributed by atoms with van der Waals surface area (Å²) >= 11 is 9.23. The van der Waals surface area contributed by atoms with Gasteiger partial charge >= 0.3 is 5.97 Å². The van der Waals surface area contributed by atoms with Crippen LogP contribution in [-0.2, 0) is 16.0 Å². The van der Waals surface area contributed by atoms with E-state index in [9.17, 15) is 4.79 Å². The topological polar surface area (TPSA) is 26.3 Å². The second-order valence-electron chi connectivity index (χ2n) is 4.90. The first-order valence-corrected chi connectivity index (χ1v) is 9.28. The van der Waals surface area contributed by atoms with Crippen LogP contribution >= 0.6 is 34.3 Å². The molecule has 2 heterocycles. The quantitative estimate of drug-likeness (QED) is 0.528. The van der Waals surface area contributed by atoms with Crippen molar-refractivity contribution < 1.29 is 9.53 Å². The molecule has 0 N–H and O–H groups in total. The fourth-order valence-electron chi connectivity index (χ4n) is 2.32. The molecule has 5 heteroatoms. The number of thiophene rings is 2. The normalized spacial score (nSPS) is 10.7. The molecule has 0 aliphatic rings. The molecule has 0 fully saturated rings. The minimum absolute atomic E-state index is 0.196. The highest BCUT2D eigenvalue weighted by molar-refractivity contribution is 7.20. The Hall–Kier alpha value is -1.62. The van der Waals surface area contributed by atoms with Crippen LogP contribution in [0.25, 0.3) is 20.9 Å². The molecule has 0 bridgehead atoms. The second-order valence-corrected chi connectivity index (χ2v) is 7.75. The van der Waals surface area contributed by atoms with Gasteiger partial charge in [0.05, 0.1) is 17.4 Å². The maximum atomic E-state index is 11.9. The van der Waals surface area contributed by atoms with Gasteiger partial charge in [0.1, 0.15) is 0 Å². The zero-order chi connectivity index (χ0) is 16.2. The molecule has 0 amide bonds. The molecule has 0 unspecified atom stereocenters. The Morgan fingerprint density at radius 2 is 1.87 bits per heavy atom. The lowest BCUT2D eigenvalue weighted by Gasteiger charge is -2.02. The molecule has 118 valence electrons. The second kappa shape index (κ2) is 7.30. The van der Waals surface area contributed by atoms with Crippen molar-refractivity contribution in [2.75, 3.05) is 6.61 Å². The highest BCUT2D eigenvalue weighted by Crippen LogP contribution is 2.41. The van der Waals surface area contributed by atoms with Crippen molar-refractivity contribution in [3.63, 3.8) is 0 Å². The van der Waals surface area contributed by atoms with Gasteiger partial charge in [0.15, 0.2) is 0 Å². The van der Waals surface area contributed by atoms with E-state index in [0.29, 0.717) is 6.61 Å². The summed E-state index contributed by atoms with van der Waals surface area (Å²) in [4.78, 5) is 15.1. The van der Waals surface area contributed by atoms with Crippen LogP contribution in [0.1, 0.15) is 11.8 Å². The predicted octanol–water partition coefficient (Wildman–Crippen LogP) is 5.90. The lowest BCUT2D eigenvalue weighted by Crippen LogP contribution is -2.06. The van der Waals surface area contributed by atoms with E-state index in [4.69, 9.17) is 16.3 Å². The molecule has 3 rings (SSSR count). The van der Waals surface area contributed by atoms with E-state index in [1.807, 2.05) is 37.3 Å². The van der Waals surface area contributed by atoms with E-state index in [1.54, 1.807) is 11.3 Å². The molecule has 3 aromatic rings. The number of carbonyl (C=O) groups is 1. The van der Waals surface area contributed by atoms with Crippen molar-refractivity contribution in [3.05, 3.63) is 57.7 Å². The number of hydrogen-bond acceptors (Lipinski definition) is 4. The minimum atomic E-state index is -0.196. The van der Waals surface area contributed by atoms with E-state index in [2.05, 4.69) is 18.2 Å². The first kappa shape index (κ1) is 16.2. The Labute approximate surface area is 148 Å². The largest absolute Gasteiger partial charge is 0.466 e. The van der Waals surface area contributed by atoms with Gasteiger partial charge < -0.3 is 4.74 Å². The van der Waals surface area contributed by atoms with E-state index in [1.165, 1.54) is 11.3 Å².